The van der Waals surface area contributed by atoms with Gasteiger partial charge in [-0.15, -0.1) is 0 Å². The number of rotatable bonds is 4. The fourth-order valence-corrected chi connectivity index (χ4v) is 1.63. The molecule has 0 aliphatic heterocycles. The summed E-state index contributed by atoms with van der Waals surface area (Å²) in [6.45, 7) is 10.5. The average Bonchev–Trinajstić information content (AvgIpc) is 2.54. The zero-order chi connectivity index (χ0) is 20.3. The van der Waals surface area contributed by atoms with Gasteiger partial charge in [0.25, 0.3) is 0 Å². The molecule has 0 saturated carbocycles. The first kappa shape index (κ1) is 23.2. The van der Waals surface area contributed by atoms with Gasteiger partial charge in [0.05, 0.1) is 12.8 Å². The summed E-state index contributed by atoms with van der Waals surface area (Å²) >= 11 is 0. The van der Waals surface area contributed by atoms with Crippen LogP contribution in [-0.2, 0) is 19.1 Å². The zero-order valence-electron chi connectivity index (χ0n) is 16.3. The third kappa shape index (κ3) is 9.46. The predicted molar refractivity (Wildman–Crippen MR) is 100 cm³/mol. The van der Waals surface area contributed by atoms with Crippen molar-refractivity contribution < 1.29 is 28.6 Å². The lowest BCUT2D eigenvalue weighted by atomic mass is 10.1. The fourth-order valence-electron chi connectivity index (χ4n) is 1.63. The first-order valence-electron chi connectivity index (χ1n) is 8.19. The van der Waals surface area contributed by atoms with Crippen LogP contribution in [0, 0.1) is 0 Å². The molecule has 1 N–H and O–H groups in total. The molecule has 26 heavy (non-hydrogen) atoms. The van der Waals surface area contributed by atoms with Crippen LogP contribution in [0.15, 0.2) is 24.3 Å². The number of carbonyl (C=O) groups is 3. The lowest BCUT2D eigenvalue weighted by Gasteiger charge is -2.20. The molecule has 0 aromatic heterocycles. The molecule has 0 bridgehead atoms. The highest BCUT2D eigenvalue weighted by Crippen LogP contribution is 2.27. The van der Waals surface area contributed by atoms with Crippen molar-refractivity contribution in [3.63, 3.8) is 0 Å². The van der Waals surface area contributed by atoms with Crippen molar-refractivity contribution in [2.45, 2.75) is 47.1 Å². The Morgan fingerprint density at radius 3 is 2.23 bits per heavy atom. The van der Waals surface area contributed by atoms with Crippen LogP contribution in [0.3, 0.4) is 0 Å². The predicted octanol–water partition coefficient (Wildman–Crippen LogP) is 4.17. The molecule has 0 fully saturated rings. The summed E-state index contributed by atoms with van der Waals surface area (Å²) in [5.74, 6) is -0.920. The third-order valence-electron chi connectivity index (χ3n) is 2.51. The van der Waals surface area contributed by atoms with Crippen LogP contribution in [0.4, 0.5) is 10.5 Å². The van der Waals surface area contributed by atoms with Crippen LogP contribution >= 0.6 is 0 Å². The van der Waals surface area contributed by atoms with E-state index in [0.29, 0.717) is 5.56 Å². The number of nitrogens with one attached hydrogen (secondary N) is 1. The Hall–Kier alpha value is -2.83. The van der Waals surface area contributed by atoms with Crippen molar-refractivity contribution in [2.75, 3.05) is 12.4 Å². The number of esters is 2. The van der Waals surface area contributed by atoms with Crippen molar-refractivity contribution in [1.29, 1.82) is 0 Å². The second-order valence-corrected chi connectivity index (χ2v) is 5.83. The third-order valence-corrected chi connectivity index (χ3v) is 2.51. The van der Waals surface area contributed by atoms with E-state index in [1.165, 1.54) is 32.3 Å². The molecular weight excluding hydrogens is 338 g/mol. The lowest BCUT2D eigenvalue weighted by molar-refractivity contribution is -0.135. The molecule has 0 unspecified atom stereocenters. The van der Waals surface area contributed by atoms with E-state index in [9.17, 15) is 14.4 Å². The summed E-state index contributed by atoms with van der Waals surface area (Å²) in [6.07, 6.45) is 2.05. The summed E-state index contributed by atoms with van der Waals surface area (Å²) in [4.78, 5) is 34.2. The van der Waals surface area contributed by atoms with Crippen LogP contribution in [0.25, 0.3) is 6.08 Å². The number of hydrogen-bond acceptors (Lipinski definition) is 6. The topological polar surface area (TPSA) is 90.9 Å². The maximum atomic E-state index is 11.9. The molecule has 7 heteroatoms. The number of anilines is 1. The lowest BCUT2D eigenvalue weighted by Crippen LogP contribution is -2.27. The van der Waals surface area contributed by atoms with E-state index in [-0.39, 0.29) is 11.4 Å². The van der Waals surface area contributed by atoms with Crippen LogP contribution in [-0.4, -0.2) is 30.7 Å². The Morgan fingerprint density at radius 1 is 1.12 bits per heavy atom. The van der Waals surface area contributed by atoms with Gasteiger partial charge in [-0.2, -0.15) is 0 Å². The summed E-state index contributed by atoms with van der Waals surface area (Å²) in [5.41, 5.74) is 0.204. The highest BCUT2D eigenvalue weighted by Gasteiger charge is 2.18. The van der Waals surface area contributed by atoms with Crippen molar-refractivity contribution in [3.05, 3.63) is 29.8 Å². The fraction of sp³-hybridized carbons (Fsp3) is 0.421. The molecule has 0 atom stereocenters. The van der Waals surface area contributed by atoms with Gasteiger partial charge in [-0.3, -0.25) is 10.1 Å². The SMILES string of the molecule is CC.COC(=O)/C=C/c1ccc(NC(=O)OC(C)(C)C)c(OC(C)=O)c1. The normalized spacial score (nSPS) is 10.4. The van der Waals surface area contributed by atoms with Gasteiger partial charge in [-0.1, -0.05) is 19.9 Å². The largest absolute Gasteiger partial charge is 0.466 e. The molecule has 7 nitrogen and oxygen atoms in total. The van der Waals surface area contributed by atoms with Gasteiger partial charge in [-0.25, -0.2) is 9.59 Å². The second-order valence-electron chi connectivity index (χ2n) is 5.83. The van der Waals surface area contributed by atoms with E-state index in [2.05, 4.69) is 10.1 Å². The van der Waals surface area contributed by atoms with Crippen LogP contribution in [0.2, 0.25) is 0 Å². The minimum Gasteiger partial charge on any atom is -0.466 e. The van der Waals surface area contributed by atoms with E-state index in [0.717, 1.165) is 0 Å². The van der Waals surface area contributed by atoms with Gasteiger partial charge in [0.15, 0.2) is 5.75 Å². The minimum atomic E-state index is -0.672. The molecule has 0 heterocycles. The Morgan fingerprint density at radius 2 is 1.73 bits per heavy atom. The molecule has 144 valence electrons. The molecule has 0 spiro atoms. The number of carbonyl (C=O) groups excluding carboxylic acids is 3. The standard InChI is InChI=1S/C17H21NO6.C2H6/c1-11(19)23-14-10-12(7-9-15(20)22-5)6-8-13(14)18-16(21)24-17(2,3)4;1-2/h6-10H,1-5H3,(H,18,21);1-2H3/b9-7+;. The van der Waals surface area contributed by atoms with Crippen molar-refractivity contribution in [3.8, 4) is 5.75 Å². The van der Waals surface area contributed by atoms with Gasteiger partial charge in [-0.05, 0) is 44.5 Å². The van der Waals surface area contributed by atoms with Crippen LogP contribution < -0.4 is 10.1 Å². The summed E-state index contributed by atoms with van der Waals surface area (Å²) < 4.78 is 14.8. The molecule has 1 aromatic rings. The van der Waals surface area contributed by atoms with Gasteiger partial charge in [0, 0.05) is 13.0 Å². The average molecular weight is 365 g/mol. The maximum absolute atomic E-state index is 11.9. The van der Waals surface area contributed by atoms with Gasteiger partial charge in [0.2, 0.25) is 0 Å². The van der Waals surface area contributed by atoms with Crippen LogP contribution in [0.5, 0.6) is 5.75 Å². The van der Waals surface area contributed by atoms with Crippen molar-refractivity contribution >= 4 is 29.8 Å². The highest BCUT2D eigenvalue weighted by atomic mass is 16.6. The van der Waals surface area contributed by atoms with E-state index in [1.54, 1.807) is 32.9 Å². The Bertz CT molecular complexity index is 658. The van der Waals surface area contributed by atoms with Gasteiger partial charge < -0.3 is 14.2 Å². The quantitative estimate of drug-likeness (QED) is 0.489. The van der Waals surface area contributed by atoms with Crippen molar-refractivity contribution in [2.24, 2.45) is 0 Å². The summed E-state index contributed by atoms with van der Waals surface area (Å²) in [6, 6.07) is 4.69. The number of benzene rings is 1. The van der Waals surface area contributed by atoms with Gasteiger partial charge >= 0.3 is 18.0 Å². The smallest absolute Gasteiger partial charge is 0.412 e. The summed E-state index contributed by atoms with van der Waals surface area (Å²) in [7, 11) is 1.27. The molecule has 1 aromatic carbocycles. The van der Waals surface area contributed by atoms with E-state index in [1.807, 2.05) is 13.8 Å². The van der Waals surface area contributed by atoms with E-state index in [4.69, 9.17) is 9.47 Å². The number of methoxy groups -OCH3 is 1. The monoisotopic (exact) mass is 365 g/mol. The van der Waals surface area contributed by atoms with Gasteiger partial charge in [0.1, 0.15) is 5.60 Å². The number of hydrogen-bond donors (Lipinski definition) is 1. The minimum absolute atomic E-state index is 0.139. The van der Waals surface area contributed by atoms with Crippen LogP contribution in [0.1, 0.15) is 47.1 Å². The summed E-state index contributed by atoms with van der Waals surface area (Å²) in [5, 5.41) is 2.52. The first-order chi connectivity index (χ1) is 12.1. The Balaban J connectivity index is 0.00000301. The highest BCUT2D eigenvalue weighted by molar-refractivity contribution is 5.90. The molecule has 0 aliphatic rings. The Kier molecular flexibility index (Phi) is 9.73. The molecule has 1 amide bonds. The molecule has 1 rings (SSSR count). The number of ether oxygens (including phenoxy) is 3. The Labute approximate surface area is 154 Å². The van der Waals surface area contributed by atoms with E-state index < -0.39 is 23.6 Å². The number of amides is 1. The maximum Gasteiger partial charge on any atom is 0.412 e. The molecule has 0 radical (unpaired) electrons. The molecule has 0 saturated heterocycles. The van der Waals surface area contributed by atoms with E-state index >= 15 is 0 Å². The van der Waals surface area contributed by atoms with Crippen molar-refractivity contribution in [1.82, 2.24) is 0 Å². The zero-order valence-corrected chi connectivity index (χ0v) is 16.3. The first-order valence-corrected chi connectivity index (χ1v) is 8.19. The molecular formula is C19H27NO6. The second kappa shape index (κ2) is 10.9. The molecule has 0 aliphatic carbocycles.